The van der Waals surface area contributed by atoms with E-state index in [4.69, 9.17) is 5.11 Å². The van der Waals surface area contributed by atoms with Gasteiger partial charge in [-0.15, -0.1) is 0 Å². The van der Waals surface area contributed by atoms with E-state index >= 15 is 0 Å². The van der Waals surface area contributed by atoms with E-state index in [-0.39, 0.29) is 5.56 Å². The summed E-state index contributed by atoms with van der Waals surface area (Å²) in [5.41, 5.74) is -1.04. The summed E-state index contributed by atoms with van der Waals surface area (Å²) in [6.07, 6.45) is 0. The van der Waals surface area contributed by atoms with Crippen molar-refractivity contribution < 1.29 is 23.8 Å². The number of hydrogen-bond acceptors (Lipinski definition) is 2. The Morgan fingerprint density at radius 1 is 1.17 bits per heavy atom. The fourth-order valence-corrected chi connectivity index (χ4v) is 2.31. The van der Waals surface area contributed by atoms with Gasteiger partial charge in [0.05, 0.1) is 0 Å². The molecule has 0 radical (unpaired) electrons. The lowest BCUT2D eigenvalue weighted by Gasteiger charge is -2.32. The monoisotopic (exact) mass is 258 g/mol. The molecule has 0 saturated carbocycles. The molecule has 0 spiro atoms. The highest BCUT2D eigenvalue weighted by molar-refractivity contribution is 5.77. The fraction of sp³-hybridized carbons (Fsp3) is 0.462. The van der Waals surface area contributed by atoms with Crippen molar-refractivity contribution >= 4 is 5.97 Å². The molecule has 1 atom stereocenters. The van der Waals surface area contributed by atoms with Gasteiger partial charge in [-0.05, 0) is 44.4 Å². The summed E-state index contributed by atoms with van der Waals surface area (Å²) in [5.74, 6) is -6.59. The molecule has 18 heavy (non-hydrogen) atoms. The molecule has 0 saturated heterocycles. The summed E-state index contributed by atoms with van der Waals surface area (Å²) in [4.78, 5) is 10.6. The first-order chi connectivity index (χ1) is 8.01. The average molecular weight is 258 g/mol. The molecule has 1 aromatic rings. The van der Waals surface area contributed by atoms with Crippen molar-refractivity contribution in [3.8, 4) is 0 Å². The molecule has 3 nitrogen and oxygen atoms in total. The van der Waals surface area contributed by atoms with Gasteiger partial charge in [-0.1, -0.05) is 17.7 Å². The number of halogens is 2. The topological polar surface area (TPSA) is 57.5 Å². The third kappa shape index (κ3) is 2.10. The Kier molecular flexibility index (Phi) is 3.49. The first-order valence-corrected chi connectivity index (χ1v) is 5.43. The maximum absolute atomic E-state index is 13.6. The first-order valence-electron chi connectivity index (χ1n) is 5.43. The lowest BCUT2D eigenvalue weighted by atomic mass is 9.82. The molecule has 2 N–H and O–H groups in total. The molecule has 100 valence electrons. The quantitative estimate of drug-likeness (QED) is 0.876. The largest absolute Gasteiger partial charge is 0.477 e. The number of rotatable bonds is 3. The average Bonchev–Trinajstić information content (AvgIpc) is 2.14. The van der Waals surface area contributed by atoms with Gasteiger partial charge in [-0.2, -0.15) is 8.78 Å². The molecule has 0 aliphatic rings. The van der Waals surface area contributed by atoms with Crippen molar-refractivity contribution in [2.24, 2.45) is 0 Å². The Labute approximate surface area is 104 Å². The van der Waals surface area contributed by atoms with E-state index in [9.17, 15) is 18.7 Å². The van der Waals surface area contributed by atoms with Gasteiger partial charge >= 0.3 is 11.9 Å². The van der Waals surface area contributed by atoms with Crippen LogP contribution in [0.2, 0.25) is 0 Å². The summed E-state index contributed by atoms with van der Waals surface area (Å²) >= 11 is 0. The second kappa shape index (κ2) is 4.31. The number of carboxylic acids is 1. The van der Waals surface area contributed by atoms with Crippen LogP contribution in [0.3, 0.4) is 0 Å². The second-order valence-corrected chi connectivity index (χ2v) is 4.73. The fourth-order valence-electron chi connectivity index (χ4n) is 2.31. The van der Waals surface area contributed by atoms with E-state index in [1.54, 1.807) is 32.9 Å². The summed E-state index contributed by atoms with van der Waals surface area (Å²) in [6.45, 7) is 5.77. The van der Waals surface area contributed by atoms with Crippen molar-refractivity contribution in [1.82, 2.24) is 0 Å². The van der Waals surface area contributed by atoms with E-state index < -0.39 is 17.5 Å². The Morgan fingerprint density at radius 2 is 1.56 bits per heavy atom. The molecule has 1 aromatic carbocycles. The number of alkyl halides is 2. The van der Waals surface area contributed by atoms with Gasteiger partial charge in [0, 0.05) is 0 Å². The Hall–Kier alpha value is -1.49. The third-order valence-corrected chi connectivity index (χ3v) is 3.04. The molecular weight excluding hydrogens is 242 g/mol. The minimum atomic E-state index is -4.25. The number of aliphatic hydroxyl groups is 1. The van der Waals surface area contributed by atoms with Gasteiger partial charge in [0.15, 0.2) is 5.60 Å². The standard InChI is InChI=1S/C13H16F2O3/c1-7-5-8(2)10(9(3)6-7)12(4,18)13(14,15)11(16)17/h5-6,18H,1-4H3,(H,16,17). The Balaban J connectivity index is 3.51. The van der Waals surface area contributed by atoms with Gasteiger partial charge in [0.2, 0.25) is 0 Å². The molecule has 5 heteroatoms. The van der Waals surface area contributed by atoms with Gasteiger partial charge in [-0.3, -0.25) is 0 Å². The summed E-state index contributed by atoms with van der Waals surface area (Å²) in [5, 5.41) is 18.6. The van der Waals surface area contributed by atoms with Crippen LogP contribution < -0.4 is 0 Å². The van der Waals surface area contributed by atoms with Crippen LogP contribution in [0, 0.1) is 20.8 Å². The van der Waals surface area contributed by atoms with Crippen LogP contribution in [0.25, 0.3) is 0 Å². The number of hydrogen-bond donors (Lipinski definition) is 2. The van der Waals surface area contributed by atoms with Gasteiger partial charge in [-0.25, -0.2) is 4.79 Å². The summed E-state index contributed by atoms with van der Waals surface area (Å²) < 4.78 is 27.2. The van der Waals surface area contributed by atoms with Gasteiger partial charge in [0.25, 0.3) is 0 Å². The maximum Gasteiger partial charge on any atom is 0.378 e. The van der Waals surface area contributed by atoms with Gasteiger partial charge in [0.1, 0.15) is 0 Å². The molecule has 0 bridgehead atoms. The SMILES string of the molecule is Cc1cc(C)c(C(C)(O)C(F)(F)C(=O)O)c(C)c1. The molecule has 0 amide bonds. The molecule has 0 aromatic heterocycles. The van der Waals surface area contributed by atoms with Crippen molar-refractivity contribution in [3.05, 3.63) is 34.4 Å². The Morgan fingerprint density at radius 3 is 1.89 bits per heavy atom. The number of aryl methyl sites for hydroxylation is 3. The van der Waals surface area contributed by atoms with Crippen LogP contribution in [-0.2, 0) is 10.4 Å². The lowest BCUT2D eigenvalue weighted by Crippen LogP contribution is -2.49. The first kappa shape index (κ1) is 14.6. The predicted octanol–water partition coefficient (Wildman–Crippen LogP) is 2.54. The highest BCUT2D eigenvalue weighted by Gasteiger charge is 2.57. The normalized spacial score (nSPS) is 15.3. The molecule has 0 aliphatic heterocycles. The zero-order valence-electron chi connectivity index (χ0n) is 10.7. The van der Waals surface area contributed by atoms with Gasteiger partial charge < -0.3 is 10.2 Å². The minimum Gasteiger partial charge on any atom is -0.477 e. The van der Waals surface area contributed by atoms with Crippen molar-refractivity contribution in [2.45, 2.75) is 39.2 Å². The smallest absolute Gasteiger partial charge is 0.378 e. The van der Waals surface area contributed by atoms with Crippen LogP contribution in [-0.4, -0.2) is 22.1 Å². The second-order valence-electron chi connectivity index (χ2n) is 4.73. The van der Waals surface area contributed by atoms with E-state index in [1.165, 1.54) is 0 Å². The molecule has 0 aliphatic carbocycles. The molecular formula is C13H16F2O3. The highest BCUT2D eigenvalue weighted by atomic mass is 19.3. The van der Waals surface area contributed by atoms with E-state index in [0.29, 0.717) is 11.1 Å². The number of carboxylic acid groups (broad SMARTS) is 1. The maximum atomic E-state index is 13.6. The number of aliphatic carboxylic acids is 1. The summed E-state index contributed by atoms with van der Waals surface area (Å²) in [6, 6.07) is 3.27. The third-order valence-electron chi connectivity index (χ3n) is 3.04. The molecule has 0 fully saturated rings. The van der Waals surface area contributed by atoms with Crippen LogP contribution in [0.1, 0.15) is 29.2 Å². The van der Waals surface area contributed by atoms with Crippen molar-refractivity contribution in [2.75, 3.05) is 0 Å². The number of carbonyl (C=O) groups is 1. The lowest BCUT2D eigenvalue weighted by molar-refractivity contribution is -0.207. The van der Waals surface area contributed by atoms with Crippen LogP contribution >= 0.6 is 0 Å². The predicted molar refractivity (Wildman–Crippen MR) is 62.8 cm³/mol. The number of benzene rings is 1. The van der Waals surface area contributed by atoms with Crippen molar-refractivity contribution in [1.29, 1.82) is 0 Å². The molecule has 0 heterocycles. The van der Waals surface area contributed by atoms with E-state index in [2.05, 4.69) is 0 Å². The molecule has 1 unspecified atom stereocenters. The minimum absolute atomic E-state index is 0.0412. The Bertz CT molecular complexity index is 470. The zero-order chi connectivity index (χ0) is 14.3. The van der Waals surface area contributed by atoms with Crippen LogP contribution in [0.5, 0.6) is 0 Å². The zero-order valence-corrected chi connectivity index (χ0v) is 10.7. The van der Waals surface area contributed by atoms with Crippen molar-refractivity contribution in [3.63, 3.8) is 0 Å². The van der Waals surface area contributed by atoms with E-state index in [0.717, 1.165) is 12.5 Å². The van der Waals surface area contributed by atoms with Crippen LogP contribution in [0.15, 0.2) is 12.1 Å². The van der Waals surface area contributed by atoms with E-state index in [1.807, 2.05) is 0 Å². The molecule has 1 rings (SSSR count). The highest BCUT2D eigenvalue weighted by Crippen LogP contribution is 2.40. The summed E-state index contributed by atoms with van der Waals surface area (Å²) in [7, 11) is 0. The van der Waals surface area contributed by atoms with Crippen LogP contribution in [0.4, 0.5) is 8.78 Å².